The van der Waals surface area contributed by atoms with E-state index in [0.29, 0.717) is 25.7 Å². The third kappa shape index (κ3) is 74.3. The maximum absolute atomic E-state index is 13.1. The van der Waals surface area contributed by atoms with Crippen molar-refractivity contribution in [3.05, 3.63) is 97.2 Å². The van der Waals surface area contributed by atoms with E-state index >= 15 is 0 Å². The highest BCUT2D eigenvalue weighted by Gasteiger charge is 2.30. The van der Waals surface area contributed by atoms with Gasteiger partial charge in [0.05, 0.1) is 26.4 Å². The topological polar surface area (TPSA) is 237 Å². The minimum Gasteiger partial charge on any atom is -0.462 e. The minimum atomic E-state index is -4.98. The number of allylic oxidation sites excluding steroid dienone is 16. The van der Waals surface area contributed by atoms with Crippen molar-refractivity contribution in [2.24, 2.45) is 0 Å². The van der Waals surface area contributed by atoms with Crippen LogP contribution in [0.15, 0.2) is 97.2 Å². The predicted molar refractivity (Wildman–Crippen MR) is 418 cm³/mol. The highest BCUT2D eigenvalue weighted by atomic mass is 31.2. The molecule has 0 aliphatic carbocycles. The highest BCUT2D eigenvalue weighted by molar-refractivity contribution is 7.47. The molecule has 17 nitrogen and oxygen atoms in total. The van der Waals surface area contributed by atoms with Crippen molar-refractivity contribution in [1.82, 2.24) is 0 Å². The van der Waals surface area contributed by atoms with Crippen LogP contribution in [0.1, 0.15) is 349 Å². The molecule has 19 heteroatoms. The fourth-order valence-electron chi connectivity index (χ4n) is 10.9. The Morgan fingerprint density at radius 1 is 0.284 bits per heavy atom. The Morgan fingerprint density at radius 2 is 0.510 bits per heavy atom. The number of aliphatic hydroxyl groups excluding tert-OH is 1. The van der Waals surface area contributed by atoms with Gasteiger partial charge in [-0.25, -0.2) is 9.13 Å². The highest BCUT2D eigenvalue weighted by Crippen LogP contribution is 2.45. The lowest BCUT2D eigenvalue weighted by atomic mass is 10.0. The van der Waals surface area contributed by atoms with Crippen molar-refractivity contribution in [2.45, 2.75) is 367 Å². The lowest BCUT2D eigenvalue weighted by Gasteiger charge is -2.21. The molecule has 5 atom stereocenters. The van der Waals surface area contributed by atoms with Crippen LogP contribution in [0.3, 0.4) is 0 Å². The average molecular weight is 1480 g/mol. The van der Waals surface area contributed by atoms with Gasteiger partial charge in [-0.15, -0.1) is 0 Å². The van der Waals surface area contributed by atoms with Gasteiger partial charge < -0.3 is 33.8 Å². The van der Waals surface area contributed by atoms with Gasteiger partial charge in [0, 0.05) is 25.7 Å². The Morgan fingerprint density at radius 3 is 0.804 bits per heavy atom. The van der Waals surface area contributed by atoms with Crippen LogP contribution in [0.5, 0.6) is 0 Å². The molecule has 0 aliphatic rings. The Labute approximate surface area is 620 Å². The maximum atomic E-state index is 13.1. The molecule has 0 saturated carbocycles. The zero-order valence-electron chi connectivity index (χ0n) is 64.5. The number of carbonyl (C=O) groups is 4. The lowest BCUT2D eigenvalue weighted by Crippen LogP contribution is -2.30. The third-order valence-corrected chi connectivity index (χ3v) is 18.9. The maximum Gasteiger partial charge on any atom is 0.472 e. The molecule has 102 heavy (non-hydrogen) atoms. The van der Waals surface area contributed by atoms with Crippen LogP contribution in [0.4, 0.5) is 0 Å². The molecule has 590 valence electrons. The van der Waals surface area contributed by atoms with Crippen molar-refractivity contribution < 1.29 is 80.2 Å². The monoisotopic (exact) mass is 1480 g/mol. The molecule has 0 rings (SSSR count). The number of esters is 4. The number of rotatable bonds is 76. The number of hydrogen-bond donors (Lipinski definition) is 3. The van der Waals surface area contributed by atoms with Crippen LogP contribution >= 0.6 is 15.6 Å². The number of carbonyl (C=O) groups excluding carboxylic acids is 4. The van der Waals surface area contributed by atoms with Crippen LogP contribution in [0.2, 0.25) is 0 Å². The summed E-state index contributed by atoms with van der Waals surface area (Å²) in [5.74, 6) is -2.20. The van der Waals surface area contributed by atoms with Gasteiger partial charge in [-0.05, 0) is 122 Å². The molecule has 0 saturated heterocycles. The summed E-state index contributed by atoms with van der Waals surface area (Å²) in [6, 6.07) is 0. The third-order valence-electron chi connectivity index (χ3n) is 17.0. The number of ether oxygens (including phenoxy) is 4. The summed E-state index contributed by atoms with van der Waals surface area (Å²) in [7, 11) is -9.96. The predicted octanol–water partition coefficient (Wildman–Crippen LogP) is 23.6. The van der Waals surface area contributed by atoms with E-state index < -0.39 is 97.5 Å². The van der Waals surface area contributed by atoms with Crippen molar-refractivity contribution in [3.8, 4) is 0 Å². The van der Waals surface area contributed by atoms with Crippen LogP contribution in [0, 0.1) is 0 Å². The van der Waals surface area contributed by atoms with Gasteiger partial charge in [-0.1, -0.05) is 298 Å². The van der Waals surface area contributed by atoms with E-state index in [0.717, 1.165) is 180 Å². The second-order valence-electron chi connectivity index (χ2n) is 27.0. The first kappa shape index (κ1) is 98.0. The van der Waals surface area contributed by atoms with E-state index in [1.165, 1.54) is 89.9 Å². The van der Waals surface area contributed by atoms with E-state index in [1.54, 1.807) is 0 Å². The van der Waals surface area contributed by atoms with Gasteiger partial charge in [0.1, 0.15) is 19.3 Å². The second kappa shape index (κ2) is 75.2. The zero-order valence-corrected chi connectivity index (χ0v) is 66.3. The van der Waals surface area contributed by atoms with Gasteiger partial charge >= 0.3 is 39.5 Å². The second-order valence-corrected chi connectivity index (χ2v) is 29.9. The first-order chi connectivity index (χ1) is 49.7. The molecule has 0 aromatic rings. The lowest BCUT2D eigenvalue weighted by molar-refractivity contribution is -0.161. The molecule has 0 bridgehead atoms. The van der Waals surface area contributed by atoms with Crippen LogP contribution < -0.4 is 0 Å². The Bertz CT molecular complexity index is 2310. The summed E-state index contributed by atoms with van der Waals surface area (Å²) in [5, 5.41) is 10.6. The number of unbranched alkanes of at least 4 members (excludes halogenated alkanes) is 34. The SMILES string of the molecule is CC/C=C\C/C=C\C/C=C\C/C=C\CCCCCCC(=O)OCC(COP(=O)(O)OCC(O)COP(=O)(O)OCC(COC(=O)CCCCCCCCC/C=C\C/C=C\C/C=C\CC)OC(=O)CCCCCCC/C=C\CCCCCC)OC(=O)CCCCCCCCCCCCCCCCC. The molecule has 3 N–H and O–H groups in total. The zero-order chi connectivity index (χ0) is 74.6. The minimum absolute atomic E-state index is 0.0832. The molecular formula is C83H146O17P2. The number of aliphatic hydroxyl groups is 1. The number of hydrogen-bond acceptors (Lipinski definition) is 15. The summed E-state index contributed by atoms with van der Waals surface area (Å²) >= 11 is 0. The number of phosphoric ester groups is 2. The van der Waals surface area contributed by atoms with Crippen molar-refractivity contribution in [1.29, 1.82) is 0 Å². The van der Waals surface area contributed by atoms with E-state index in [-0.39, 0.29) is 25.7 Å². The normalized spacial score (nSPS) is 14.4. The van der Waals surface area contributed by atoms with Gasteiger partial charge in [0.15, 0.2) is 12.2 Å². The molecule has 0 spiro atoms. The Balaban J connectivity index is 5.36. The number of phosphoric acid groups is 2. The van der Waals surface area contributed by atoms with E-state index in [9.17, 15) is 43.2 Å². The van der Waals surface area contributed by atoms with Gasteiger partial charge in [0.2, 0.25) is 0 Å². The summed E-state index contributed by atoms with van der Waals surface area (Å²) in [4.78, 5) is 73.0. The van der Waals surface area contributed by atoms with Crippen LogP contribution in [0.25, 0.3) is 0 Å². The summed E-state index contributed by atoms with van der Waals surface area (Å²) in [5.41, 5.74) is 0. The summed E-state index contributed by atoms with van der Waals surface area (Å²) < 4.78 is 68.6. The molecule has 0 aromatic carbocycles. The Hall–Kier alpha value is -4.02. The molecule has 0 heterocycles. The first-order valence-corrected chi connectivity index (χ1v) is 43.5. The fraction of sp³-hybridized carbons (Fsp3) is 0.759. The molecule has 0 aromatic heterocycles. The quantitative estimate of drug-likeness (QED) is 0.0169. The summed E-state index contributed by atoms with van der Waals surface area (Å²) in [6.45, 7) is 4.64. The van der Waals surface area contributed by atoms with E-state index in [4.69, 9.17) is 37.0 Å². The molecule has 0 fully saturated rings. The van der Waals surface area contributed by atoms with Gasteiger partial charge in [0.25, 0.3) is 0 Å². The van der Waals surface area contributed by atoms with Crippen molar-refractivity contribution >= 4 is 39.5 Å². The molecule has 0 radical (unpaired) electrons. The van der Waals surface area contributed by atoms with Crippen molar-refractivity contribution in [2.75, 3.05) is 39.6 Å². The van der Waals surface area contributed by atoms with Crippen molar-refractivity contribution in [3.63, 3.8) is 0 Å². The molecule has 0 amide bonds. The Kier molecular flexibility index (Phi) is 72.3. The van der Waals surface area contributed by atoms with Crippen LogP contribution in [-0.2, 0) is 65.4 Å². The van der Waals surface area contributed by atoms with Crippen LogP contribution in [-0.4, -0.2) is 96.7 Å². The standard InChI is InChI=1S/C83H146O17P2/c1-5-9-13-17-21-25-29-33-36-38-41-44-47-51-55-59-63-67-80(85)93-73-78(99-82(87)69-65-61-57-53-49-43-32-28-24-20-16-12-8-4)75-97-101(89,90)95-71-77(84)72-96-102(91,92)98-76-79(100-83(88)70-66-62-58-54-50-46-40-35-31-27-23-19-15-11-7-3)74-94-81(86)68-64-60-56-52-48-45-42-39-37-34-30-26-22-18-14-10-6-2/h9-10,13-14,21-22,25-26,28,32-34,36-37,42,45,77-79,84H,5-8,11-12,15-20,23-24,27,29-31,35,38-41,43-44,46-76H2,1-4H3,(H,89,90)(H,91,92)/b13-9-,14-10-,25-21-,26-22-,32-28-,36-33-,37-34-,45-42-. The molecule has 0 aliphatic heterocycles. The average Bonchev–Trinajstić information content (AvgIpc) is 0.939. The van der Waals surface area contributed by atoms with E-state index in [2.05, 4.69) is 125 Å². The van der Waals surface area contributed by atoms with Gasteiger partial charge in [-0.2, -0.15) is 0 Å². The molecule has 5 unspecified atom stereocenters. The van der Waals surface area contributed by atoms with E-state index in [1.807, 2.05) is 0 Å². The molecular weight excluding hydrogens is 1330 g/mol. The largest absolute Gasteiger partial charge is 0.472 e. The summed E-state index contributed by atoms with van der Waals surface area (Å²) in [6.07, 6.45) is 79.5. The fourth-order valence-corrected chi connectivity index (χ4v) is 12.5. The van der Waals surface area contributed by atoms with Gasteiger partial charge in [-0.3, -0.25) is 37.3 Å². The first-order valence-electron chi connectivity index (χ1n) is 40.5. The smallest absolute Gasteiger partial charge is 0.462 e.